The number of rotatable bonds is 1. The van der Waals surface area contributed by atoms with Gasteiger partial charge in [0.2, 0.25) is 0 Å². The van der Waals surface area contributed by atoms with Gasteiger partial charge in [-0.3, -0.25) is 0 Å². The van der Waals surface area contributed by atoms with Crippen LogP contribution < -0.4 is 0 Å². The SMILES string of the molecule is C#Cc1cccc(C(=O)OC)c1C. The second-order valence-electron chi connectivity index (χ2n) is 2.61. The summed E-state index contributed by atoms with van der Waals surface area (Å²) < 4.78 is 4.61. The van der Waals surface area contributed by atoms with Gasteiger partial charge in [-0.1, -0.05) is 12.0 Å². The summed E-state index contributed by atoms with van der Waals surface area (Å²) in [4.78, 5) is 11.2. The van der Waals surface area contributed by atoms with E-state index in [4.69, 9.17) is 6.42 Å². The number of carbonyl (C=O) groups excluding carboxylic acids is 1. The molecule has 2 heteroatoms. The molecule has 0 fully saturated rings. The molecule has 2 nitrogen and oxygen atoms in total. The summed E-state index contributed by atoms with van der Waals surface area (Å²) in [6.07, 6.45) is 5.26. The molecule has 1 aromatic rings. The Kier molecular flexibility index (Phi) is 2.71. The Hall–Kier alpha value is -1.75. The fourth-order valence-corrected chi connectivity index (χ4v) is 1.12. The molecule has 1 rings (SSSR count). The van der Waals surface area contributed by atoms with Gasteiger partial charge in [0.1, 0.15) is 0 Å². The van der Waals surface area contributed by atoms with Crippen LogP contribution in [0.15, 0.2) is 18.2 Å². The average molecular weight is 174 g/mol. The number of benzene rings is 1. The van der Waals surface area contributed by atoms with Crippen LogP contribution in [0.2, 0.25) is 0 Å². The van der Waals surface area contributed by atoms with E-state index in [1.165, 1.54) is 7.11 Å². The zero-order chi connectivity index (χ0) is 9.84. The lowest BCUT2D eigenvalue weighted by Gasteiger charge is -2.04. The summed E-state index contributed by atoms with van der Waals surface area (Å²) in [7, 11) is 1.35. The van der Waals surface area contributed by atoms with E-state index < -0.39 is 0 Å². The molecule has 0 unspecified atom stereocenters. The van der Waals surface area contributed by atoms with Crippen LogP contribution in [0.5, 0.6) is 0 Å². The zero-order valence-corrected chi connectivity index (χ0v) is 7.63. The number of esters is 1. The standard InChI is InChI=1S/C11H10O2/c1-4-9-6-5-7-10(8(9)2)11(12)13-3/h1,5-7H,2-3H3. The highest BCUT2D eigenvalue weighted by molar-refractivity contribution is 5.91. The van der Waals surface area contributed by atoms with Gasteiger partial charge in [-0.05, 0) is 24.6 Å². The molecule has 1 aromatic carbocycles. The van der Waals surface area contributed by atoms with Crippen LogP contribution in [-0.4, -0.2) is 13.1 Å². The van der Waals surface area contributed by atoms with Crippen LogP contribution in [-0.2, 0) is 4.74 Å². The van der Waals surface area contributed by atoms with Crippen molar-refractivity contribution in [2.45, 2.75) is 6.92 Å². The van der Waals surface area contributed by atoms with Gasteiger partial charge < -0.3 is 4.74 Å². The molecule has 66 valence electrons. The summed E-state index contributed by atoms with van der Waals surface area (Å²) in [5, 5.41) is 0. The van der Waals surface area contributed by atoms with Crippen LogP contribution in [0.4, 0.5) is 0 Å². The maximum absolute atomic E-state index is 11.2. The van der Waals surface area contributed by atoms with E-state index in [2.05, 4.69) is 10.7 Å². The van der Waals surface area contributed by atoms with Gasteiger partial charge in [-0.2, -0.15) is 0 Å². The molecule has 0 atom stereocenters. The largest absolute Gasteiger partial charge is 0.465 e. The van der Waals surface area contributed by atoms with Crippen molar-refractivity contribution in [3.05, 3.63) is 34.9 Å². The smallest absolute Gasteiger partial charge is 0.338 e. The van der Waals surface area contributed by atoms with Crippen molar-refractivity contribution in [1.82, 2.24) is 0 Å². The molecule has 0 aromatic heterocycles. The predicted octanol–water partition coefficient (Wildman–Crippen LogP) is 1.76. The number of carbonyl (C=O) groups is 1. The fraction of sp³-hybridized carbons (Fsp3) is 0.182. The monoisotopic (exact) mass is 174 g/mol. The normalized spacial score (nSPS) is 9.00. The van der Waals surface area contributed by atoms with Crippen molar-refractivity contribution in [1.29, 1.82) is 0 Å². The van der Waals surface area contributed by atoms with Gasteiger partial charge in [0.05, 0.1) is 12.7 Å². The summed E-state index contributed by atoms with van der Waals surface area (Å²) in [5.41, 5.74) is 2.04. The van der Waals surface area contributed by atoms with Crippen molar-refractivity contribution in [3.63, 3.8) is 0 Å². The van der Waals surface area contributed by atoms with Crippen molar-refractivity contribution in [2.24, 2.45) is 0 Å². The van der Waals surface area contributed by atoms with Gasteiger partial charge in [-0.15, -0.1) is 6.42 Å². The third-order valence-electron chi connectivity index (χ3n) is 1.89. The lowest BCUT2D eigenvalue weighted by molar-refractivity contribution is 0.0600. The van der Waals surface area contributed by atoms with Crippen LogP contribution in [0, 0.1) is 19.3 Å². The van der Waals surface area contributed by atoms with E-state index in [-0.39, 0.29) is 5.97 Å². The molecule has 0 saturated heterocycles. The van der Waals surface area contributed by atoms with E-state index in [0.717, 1.165) is 11.1 Å². The Morgan fingerprint density at radius 1 is 1.54 bits per heavy atom. The first kappa shape index (κ1) is 9.34. The fourth-order valence-electron chi connectivity index (χ4n) is 1.12. The highest BCUT2D eigenvalue weighted by atomic mass is 16.5. The van der Waals surface area contributed by atoms with E-state index in [9.17, 15) is 4.79 Å². The molecule has 13 heavy (non-hydrogen) atoms. The molecular formula is C11H10O2. The summed E-state index contributed by atoms with van der Waals surface area (Å²) in [6.45, 7) is 1.81. The highest BCUT2D eigenvalue weighted by Crippen LogP contribution is 2.13. The van der Waals surface area contributed by atoms with Crippen molar-refractivity contribution >= 4 is 5.97 Å². The molecular weight excluding hydrogens is 164 g/mol. The Balaban J connectivity index is 3.25. The van der Waals surface area contributed by atoms with Gasteiger partial charge >= 0.3 is 5.97 Å². The quantitative estimate of drug-likeness (QED) is 0.479. The van der Waals surface area contributed by atoms with E-state index in [1.54, 1.807) is 25.1 Å². The number of terminal acetylenes is 1. The maximum Gasteiger partial charge on any atom is 0.338 e. The van der Waals surface area contributed by atoms with Gasteiger partial charge in [0.15, 0.2) is 0 Å². The molecule has 0 saturated carbocycles. The zero-order valence-electron chi connectivity index (χ0n) is 7.63. The topological polar surface area (TPSA) is 26.3 Å². The summed E-state index contributed by atoms with van der Waals surface area (Å²) in [6, 6.07) is 5.23. The Morgan fingerprint density at radius 2 is 2.23 bits per heavy atom. The van der Waals surface area contributed by atoms with Gasteiger partial charge in [-0.25, -0.2) is 4.79 Å². The molecule has 0 N–H and O–H groups in total. The molecule has 0 aliphatic carbocycles. The second-order valence-corrected chi connectivity index (χ2v) is 2.61. The molecule has 0 bridgehead atoms. The lowest BCUT2D eigenvalue weighted by Crippen LogP contribution is -2.04. The molecule has 0 aliphatic heterocycles. The van der Waals surface area contributed by atoms with Crippen LogP contribution >= 0.6 is 0 Å². The minimum absolute atomic E-state index is 0.352. The first-order chi connectivity index (χ1) is 6.20. The van der Waals surface area contributed by atoms with Crippen molar-refractivity contribution in [3.8, 4) is 12.3 Å². The van der Waals surface area contributed by atoms with Crippen LogP contribution in [0.3, 0.4) is 0 Å². The second kappa shape index (κ2) is 3.77. The average Bonchev–Trinajstić information content (AvgIpc) is 2.17. The first-order valence-electron chi connectivity index (χ1n) is 3.85. The highest BCUT2D eigenvalue weighted by Gasteiger charge is 2.09. The Labute approximate surface area is 77.5 Å². The van der Waals surface area contributed by atoms with Crippen molar-refractivity contribution in [2.75, 3.05) is 7.11 Å². The maximum atomic E-state index is 11.2. The number of ether oxygens (including phenoxy) is 1. The van der Waals surface area contributed by atoms with E-state index in [1.807, 2.05) is 0 Å². The number of methoxy groups -OCH3 is 1. The third-order valence-corrected chi connectivity index (χ3v) is 1.89. The van der Waals surface area contributed by atoms with E-state index >= 15 is 0 Å². The number of hydrogen-bond acceptors (Lipinski definition) is 2. The van der Waals surface area contributed by atoms with E-state index in [0.29, 0.717) is 5.56 Å². The minimum Gasteiger partial charge on any atom is -0.465 e. The van der Waals surface area contributed by atoms with Gasteiger partial charge in [0.25, 0.3) is 0 Å². The first-order valence-corrected chi connectivity index (χ1v) is 3.85. The lowest BCUT2D eigenvalue weighted by atomic mass is 10.0. The molecule has 0 spiro atoms. The van der Waals surface area contributed by atoms with Crippen molar-refractivity contribution < 1.29 is 9.53 Å². The predicted molar refractivity (Wildman–Crippen MR) is 50.5 cm³/mol. The minimum atomic E-state index is -0.352. The molecule has 0 amide bonds. The molecule has 0 heterocycles. The Bertz CT molecular complexity index is 372. The number of hydrogen-bond donors (Lipinski definition) is 0. The Morgan fingerprint density at radius 3 is 2.77 bits per heavy atom. The van der Waals surface area contributed by atoms with Crippen LogP contribution in [0.25, 0.3) is 0 Å². The van der Waals surface area contributed by atoms with Gasteiger partial charge in [0, 0.05) is 5.56 Å². The van der Waals surface area contributed by atoms with Crippen LogP contribution in [0.1, 0.15) is 21.5 Å². The third kappa shape index (κ3) is 1.70. The molecule has 0 aliphatic rings. The molecule has 0 radical (unpaired) electrons. The summed E-state index contributed by atoms with van der Waals surface area (Å²) >= 11 is 0. The summed E-state index contributed by atoms with van der Waals surface area (Å²) in [5.74, 6) is 2.15.